The van der Waals surface area contributed by atoms with Crippen molar-refractivity contribution in [1.82, 2.24) is 5.32 Å². The van der Waals surface area contributed by atoms with Crippen molar-refractivity contribution in [2.24, 2.45) is 0 Å². The molecule has 0 amide bonds. The highest BCUT2D eigenvalue weighted by Gasteiger charge is 2.18. The van der Waals surface area contributed by atoms with E-state index in [1.807, 2.05) is 0 Å². The van der Waals surface area contributed by atoms with Crippen molar-refractivity contribution in [3.05, 3.63) is 34.6 Å². The lowest BCUT2D eigenvalue weighted by molar-refractivity contribution is 0.0521. The average molecular weight is 223 g/mol. The fourth-order valence-corrected chi connectivity index (χ4v) is 1.87. The maximum Gasteiger partial charge on any atom is 0.341 e. The normalized spacial score (nSPS) is 14.4. The lowest BCUT2D eigenvalue weighted by Gasteiger charge is -2.18. The lowest BCUT2D eigenvalue weighted by Crippen LogP contribution is -2.24. The van der Waals surface area contributed by atoms with Crippen LogP contribution in [0.1, 0.15) is 28.4 Å². The zero-order valence-electron chi connectivity index (χ0n) is 9.18. The van der Waals surface area contributed by atoms with Crippen LogP contribution >= 0.6 is 0 Å². The smallest absolute Gasteiger partial charge is 0.341 e. The van der Waals surface area contributed by atoms with E-state index in [0.717, 1.165) is 24.1 Å². The number of fused-ring (bicyclic) bond motifs is 1. The summed E-state index contributed by atoms with van der Waals surface area (Å²) in [5, 5.41) is 3.16. The lowest BCUT2D eigenvalue weighted by atomic mass is 9.98. The van der Waals surface area contributed by atoms with E-state index in [2.05, 4.69) is 5.32 Å². The summed E-state index contributed by atoms with van der Waals surface area (Å²) in [6.07, 6.45) is 0.821. The predicted octanol–water partition coefficient (Wildman–Crippen LogP) is 1.65. The second kappa shape index (κ2) is 4.61. The van der Waals surface area contributed by atoms with E-state index in [4.69, 9.17) is 4.74 Å². The molecule has 0 saturated heterocycles. The van der Waals surface area contributed by atoms with E-state index < -0.39 is 11.8 Å². The van der Waals surface area contributed by atoms with Crippen molar-refractivity contribution in [2.75, 3.05) is 13.2 Å². The summed E-state index contributed by atoms with van der Waals surface area (Å²) in [4.78, 5) is 11.5. The zero-order chi connectivity index (χ0) is 11.5. The van der Waals surface area contributed by atoms with Gasteiger partial charge in [0.25, 0.3) is 0 Å². The maximum absolute atomic E-state index is 13.6. The molecule has 3 nitrogen and oxygen atoms in total. The Balaban J connectivity index is 2.35. The minimum atomic E-state index is -0.582. The minimum Gasteiger partial charge on any atom is -0.462 e. The molecule has 0 atom stereocenters. The molecule has 86 valence electrons. The summed E-state index contributed by atoms with van der Waals surface area (Å²) >= 11 is 0. The standard InChI is InChI=1S/C12H14FNO2/c1-2-16-12(15)10-5-8-3-4-14-7-9(8)6-11(10)13/h5-6,14H,2-4,7H2,1H3. The second-order valence-corrected chi connectivity index (χ2v) is 3.75. The molecule has 0 aromatic heterocycles. The molecular weight excluding hydrogens is 209 g/mol. The van der Waals surface area contributed by atoms with Crippen molar-refractivity contribution in [3.63, 3.8) is 0 Å². The molecule has 1 aromatic carbocycles. The van der Waals surface area contributed by atoms with Gasteiger partial charge in [-0.2, -0.15) is 0 Å². The van der Waals surface area contributed by atoms with Crippen LogP contribution in [0.3, 0.4) is 0 Å². The van der Waals surface area contributed by atoms with Gasteiger partial charge in [0.2, 0.25) is 0 Å². The summed E-state index contributed by atoms with van der Waals surface area (Å²) in [5.41, 5.74) is 2.00. The van der Waals surface area contributed by atoms with Crippen molar-refractivity contribution in [3.8, 4) is 0 Å². The van der Waals surface area contributed by atoms with E-state index in [0.29, 0.717) is 6.54 Å². The van der Waals surface area contributed by atoms with Crippen LogP contribution in [-0.2, 0) is 17.7 Å². The largest absolute Gasteiger partial charge is 0.462 e. The Morgan fingerprint density at radius 1 is 1.50 bits per heavy atom. The third-order valence-corrected chi connectivity index (χ3v) is 2.67. The van der Waals surface area contributed by atoms with Gasteiger partial charge in [0.05, 0.1) is 12.2 Å². The molecule has 0 spiro atoms. The third-order valence-electron chi connectivity index (χ3n) is 2.67. The molecule has 1 aromatic rings. The minimum absolute atomic E-state index is 0.0440. The Labute approximate surface area is 93.6 Å². The quantitative estimate of drug-likeness (QED) is 0.775. The fraction of sp³-hybridized carbons (Fsp3) is 0.417. The molecule has 1 aliphatic rings. The topological polar surface area (TPSA) is 38.3 Å². The second-order valence-electron chi connectivity index (χ2n) is 3.75. The molecule has 0 bridgehead atoms. The van der Waals surface area contributed by atoms with Gasteiger partial charge in [-0.1, -0.05) is 0 Å². The molecule has 16 heavy (non-hydrogen) atoms. The van der Waals surface area contributed by atoms with Gasteiger partial charge in [0.1, 0.15) is 5.82 Å². The van der Waals surface area contributed by atoms with Gasteiger partial charge in [-0.05, 0) is 43.1 Å². The summed E-state index contributed by atoms with van der Waals surface area (Å²) in [6, 6.07) is 3.04. The predicted molar refractivity (Wildman–Crippen MR) is 57.8 cm³/mol. The van der Waals surface area contributed by atoms with Gasteiger partial charge in [0.15, 0.2) is 0 Å². The third kappa shape index (κ3) is 2.07. The highest BCUT2D eigenvalue weighted by Crippen LogP contribution is 2.19. The summed E-state index contributed by atoms with van der Waals surface area (Å²) in [6.45, 7) is 3.49. The molecule has 2 rings (SSSR count). The zero-order valence-corrected chi connectivity index (χ0v) is 9.18. The number of ether oxygens (including phenoxy) is 1. The van der Waals surface area contributed by atoms with E-state index in [-0.39, 0.29) is 12.2 Å². The van der Waals surface area contributed by atoms with Crippen LogP contribution < -0.4 is 5.32 Å². The van der Waals surface area contributed by atoms with Gasteiger partial charge in [-0.25, -0.2) is 9.18 Å². The van der Waals surface area contributed by atoms with Gasteiger partial charge >= 0.3 is 5.97 Å². The first-order chi connectivity index (χ1) is 7.72. The molecule has 0 radical (unpaired) electrons. The van der Waals surface area contributed by atoms with Crippen molar-refractivity contribution in [2.45, 2.75) is 19.9 Å². The summed E-state index contributed by atoms with van der Waals surface area (Å²) in [5.74, 6) is -1.08. The van der Waals surface area contributed by atoms with Crippen LogP contribution in [0.5, 0.6) is 0 Å². The van der Waals surface area contributed by atoms with Gasteiger partial charge < -0.3 is 10.1 Å². The Morgan fingerprint density at radius 2 is 2.31 bits per heavy atom. The Kier molecular flexibility index (Phi) is 3.19. The molecule has 0 unspecified atom stereocenters. The van der Waals surface area contributed by atoms with Crippen molar-refractivity contribution < 1.29 is 13.9 Å². The molecule has 0 saturated carbocycles. The van der Waals surface area contributed by atoms with Gasteiger partial charge in [0, 0.05) is 6.54 Å². The first-order valence-electron chi connectivity index (χ1n) is 5.41. The fourth-order valence-electron chi connectivity index (χ4n) is 1.87. The maximum atomic E-state index is 13.6. The van der Waals surface area contributed by atoms with Crippen LogP contribution in [0.25, 0.3) is 0 Å². The average Bonchev–Trinajstić information content (AvgIpc) is 2.28. The van der Waals surface area contributed by atoms with Gasteiger partial charge in [-0.15, -0.1) is 0 Å². The SMILES string of the molecule is CCOC(=O)c1cc2c(cc1F)CNCC2. The Morgan fingerprint density at radius 3 is 3.06 bits per heavy atom. The molecule has 1 N–H and O–H groups in total. The highest BCUT2D eigenvalue weighted by molar-refractivity contribution is 5.90. The number of halogens is 1. The van der Waals surface area contributed by atoms with Crippen molar-refractivity contribution >= 4 is 5.97 Å². The Bertz CT molecular complexity index is 418. The number of nitrogens with one attached hydrogen (secondary N) is 1. The van der Waals surface area contributed by atoms with Crippen LogP contribution in [0.2, 0.25) is 0 Å². The Hall–Kier alpha value is -1.42. The van der Waals surface area contributed by atoms with E-state index in [1.165, 1.54) is 6.07 Å². The van der Waals surface area contributed by atoms with Gasteiger partial charge in [-0.3, -0.25) is 0 Å². The monoisotopic (exact) mass is 223 g/mol. The van der Waals surface area contributed by atoms with Crippen LogP contribution in [0.4, 0.5) is 4.39 Å². The molecule has 1 heterocycles. The van der Waals surface area contributed by atoms with E-state index in [9.17, 15) is 9.18 Å². The number of carbonyl (C=O) groups excluding carboxylic acids is 1. The molecule has 4 heteroatoms. The first kappa shape index (κ1) is 11.1. The number of hydrogen-bond acceptors (Lipinski definition) is 3. The summed E-state index contributed by atoms with van der Waals surface area (Å²) in [7, 11) is 0. The number of rotatable bonds is 2. The van der Waals surface area contributed by atoms with Crippen LogP contribution in [0, 0.1) is 5.82 Å². The first-order valence-corrected chi connectivity index (χ1v) is 5.41. The van der Waals surface area contributed by atoms with E-state index in [1.54, 1.807) is 13.0 Å². The van der Waals surface area contributed by atoms with Crippen LogP contribution in [0.15, 0.2) is 12.1 Å². The highest BCUT2D eigenvalue weighted by atomic mass is 19.1. The number of hydrogen-bond donors (Lipinski definition) is 1. The number of carbonyl (C=O) groups is 1. The summed E-state index contributed by atoms with van der Waals surface area (Å²) < 4.78 is 18.4. The molecule has 0 fully saturated rings. The van der Waals surface area contributed by atoms with Crippen molar-refractivity contribution in [1.29, 1.82) is 0 Å². The molecule has 0 aliphatic carbocycles. The van der Waals surface area contributed by atoms with Crippen LogP contribution in [-0.4, -0.2) is 19.1 Å². The molecule has 1 aliphatic heterocycles. The van der Waals surface area contributed by atoms with E-state index >= 15 is 0 Å². The molecular formula is C12H14FNO2. The number of esters is 1. The number of benzene rings is 1.